The fraction of sp³-hybridized carbons (Fsp3) is 1.00. The second-order valence-corrected chi connectivity index (χ2v) is 4.77. The molecule has 1 rings (SSSR count). The average Bonchev–Trinajstić information content (AvgIpc) is 3.19. The maximum atomic E-state index is 5.48. The van der Waals surface area contributed by atoms with Gasteiger partial charge in [0.1, 0.15) is 0 Å². The first-order valence-corrected chi connectivity index (χ1v) is 7.40. The minimum absolute atomic E-state index is 0.674. The summed E-state index contributed by atoms with van der Waals surface area (Å²) < 4.78 is 16.3. The van der Waals surface area contributed by atoms with Crippen LogP contribution in [-0.4, -0.2) is 52.2 Å². The van der Waals surface area contributed by atoms with Gasteiger partial charge in [0.15, 0.2) is 0 Å². The Labute approximate surface area is 111 Å². The number of hydrogen-bond donors (Lipinski definition) is 1. The van der Waals surface area contributed by atoms with Crippen LogP contribution in [0.1, 0.15) is 39.0 Å². The van der Waals surface area contributed by atoms with Crippen LogP contribution in [0.2, 0.25) is 0 Å². The fourth-order valence-corrected chi connectivity index (χ4v) is 1.56. The Morgan fingerprint density at radius 1 is 0.833 bits per heavy atom. The monoisotopic (exact) mass is 259 g/mol. The first kappa shape index (κ1) is 15.9. The molecule has 1 fully saturated rings. The standard InChI is InChI=1S/C14H29NO3/c1-2-3-8-16-10-12-18-13-11-17-9-4-7-15-14-5-6-14/h14-15H,2-13H2,1H3. The molecule has 1 saturated carbocycles. The van der Waals surface area contributed by atoms with Crippen LogP contribution in [0.4, 0.5) is 0 Å². The van der Waals surface area contributed by atoms with E-state index in [4.69, 9.17) is 14.2 Å². The Hall–Kier alpha value is -0.160. The number of nitrogens with one attached hydrogen (secondary N) is 1. The molecule has 0 unspecified atom stereocenters. The van der Waals surface area contributed by atoms with E-state index in [1.807, 2.05) is 0 Å². The second kappa shape index (κ2) is 11.9. The normalized spacial score (nSPS) is 15.2. The molecule has 1 aliphatic rings. The van der Waals surface area contributed by atoms with Gasteiger partial charge in [-0.25, -0.2) is 0 Å². The van der Waals surface area contributed by atoms with Gasteiger partial charge in [0.05, 0.1) is 26.4 Å². The van der Waals surface area contributed by atoms with Crippen molar-refractivity contribution in [2.75, 3.05) is 46.2 Å². The molecule has 4 heteroatoms. The molecule has 0 bridgehead atoms. The molecule has 18 heavy (non-hydrogen) atoms. The van der Waals surface area contributed by atoms with Crippen LogP contribution in [0.15, 0.2) is 0 Å². The van der Waals surface area contributed by atoms with Gasteiger partial charge in [-0.15, -0.1) is 0 Å². The summed E-state index contributed by atoms with van der Waals surface area (Å²) in [6.07, 6.45) is 6.13. The number of ether oxygens (including phenoxy) is 3. The third-order valence-corrected chi connectivity index (χ3v) is 2.86. The zero-order valence-corrected chi connectivity index (χ0v) is 11.8. The van der Waals surface area contributed by atoms with Crippen molar-refractivity contribution in [2.45, 2.75) is 45.1 Å². The molecule has 0 atom stereocenters. The highest BCUT2D eigenvalue weighted by molar-refractivity contribution is 4.80. The largest absolute Gasteiger partial charge is 0.379 e. The number of hydrogen-bond acceptors (Lipinski definition) is 4. The summed E-state index contributed by atoms with van der Waals surface area (Å²) in [5, 5.41) is 3.46. The highest BCUT2D eigenvalue weighted by Gasteiger charge is 2.19. The molecule has 108 valence electrons. The molecule has 0 aromatic carbocycles. The lowest BCUT2D eigenvalue weighted by Crippen LogP contribution is -2.19. The molecule has 0 aliphatic heterocycles. The van der Waals surface area contributed by atoms with Crippen molar-refractivity contribution in [3.05, 3.63) is 0 Å². The zero-order chi connectivity index (χ0) is 12.9. The summed E-state index contributed by atoms with van der Waals surface area (Å²) >= 11 is 0. The van der Waals surface area contributed by atoms with Gasteiger partial charge >= 0.3 is 0 Å². The van der Waals surface area contributed by atoms with Crippen LogP contribution < -0.4 is 5.32 Å². The minimum atomic E-state index is 0.674. The van der Waals surface area contributed by atoms with Gasteiger partial charge in [-0.1, -0.05) is 13.3 Å². The Morgan fingerprint density at radius 2 is 1.39 bits per heavy atom. The van der Waals surface area contributed by atoms with Gasteiger partial charge in [-0.2, -0.15) is 0 Å². The van der Waals surface area contributed by atoms with E-state index >= 15 is 0 Å². The van der Waals surface area contributed by atoms with Crippen LogP contribution in [-0.2, 0) is 14.2 Å². The highest BCUT2D eigenvalue weighted by atomic mass is 16.5. The zero-order valence-electron chi connectivity index (χ0n) is 11.8. The highest BCUT2D eigenvalue weighted by Crippen LogP contribution is 2.18. The van der Waals surface area contributed by atoms with Crippen molar-refractivity contribution in [3.8, 4) is 0 Å². The van der Waals surface area contributed by atoms with E-state index in [1.165, 1.54) is 19.3 Å². The predicted octanol–water partition coefficient (Wildman–Crippen LogP) is 1.98. The average molecular weight is 259 g/mol. The lowest BCUT2D eigenvalue weighted by Gasteiger charge is -2.07. The van der Waals surface area contributed by atoms with E-state index in [0.717, 1.165) is 38.6 Å². The van der Waals surface area contributed by atoms with Crippen LogP contribution in [0, 0.1) is 0 Å². The van der Waals surface area contributed by atoms with Crippen LogP contribution >= 0.6 is 0 Å². The first-order valence-electron chi connectivity index (χ1n) is 7.40. The summed E-state index contributed by atoms with van der Waals surface area (Å²) in [6, 6.07) is 0.807. The predicted molar refractivity (Wildman–Crippen MR) is 73.0 cm³/mol. The van der Waals surface area contributed by atoms with Gasteiger partial charge < -0.3 is 19.5 Å². The quantitative estimate of drug-likeness (QED) is 0.484. The summed E-state index contributed by atoms with van der Waals surface area (Å²) in [6.45, 7) is 7.67. The summed E-state index contributed by atoms with van der Waals surface area (Å²) in [5.41, 5.74) is 0. The summed E-state index contributed by atoms with van der Waals surface area (Å²) in [7, 11) is 0. The van der Waals surface area contributed by atoms with E-state index in [2.05, 4.69) is 12.2 Å². The SMILES string of the molecule is CCCCOCCOCCOCCCNC1CC1. The molecular formula is C14H29NO3. The molecule has 0 aromatic heterocycles. The van der Waals surface area contributed by atoms with Crippen molar-refractivity contribution in [2.24, 2.45) is 0 Å². The maximum absolute atomic E-state index is 5.48. The number of rotatable bonds is 14. The van der Waals surface area contributed by atoms with Crippen molar-refractivity contribution in [3.63, 3.8) is 0 Å². The van der Waals surface area contributed by atoms with Crippen LogP contribution in [0.5, 0.6) is 0 Å². The molecular weight excluding hydrogens is 230 g/mol. The topological polar surface area (TPSA) is 39.7 Å². The van der Waals surface area contributed by atoms with E-state index in [0.29, 0.717) is 26.4 Å². The Morgan fingerprint density at radius 3 is 1.94 bits per heavy atom. The first-order chi connectivity index (χ1) is 8.93. The van der Waals surface area contributed by atoms with Crippen molar-refractivity contribution in [1.82, 2.24) is 5.32 Å². The van der Waals surface area contributed by atoms with Gasteiger partial charge in [0, 0.05) is 19.3 Å². The van der Waals surface area contributed by atoms with Gasteiger partial charge in [-0.05, 0) is 32.2 Å². The van der Waals surface area contributed by atoms with Crippen LogP contribution in [0.3, 0.4) is 0 Å². The molecule has 4 nitrogen and oxygen atoms in total. The lowest BCUT2D eigenvalue weighted by molar-refractivity contribution is 0.0137. The van der Waals surface area contributed by atoms with Crippen molar-refractivity contribution >= 4 is 0 Å². The molecule has 0 amide bonds. The second-order valence-electron chi connectivity index (χ2n) is 4.77. The maximum Gasteiger partial charge on any atom is 0.0701 e. The third kappa shape index (κ3) is 11.0. The summed E-state index contributed by atoms with van der Waals surface area (Å²) in [4.78, 5) is 0. The van der Waals surface area contributed by atoms with E-state index < -0.39 is 0 Å². The van der Waals surface area contributed by atoms with E-state index in [1.54, 1.807) is 0 Å². The van der Waals surface area contributed by atoms with Gasteiger partial charge in [0.2, 0.25) is 0 Å². The molecule has 0 saturated heterocycles. The molecule has 1 aliphatic carbocycles. The third-order valence-electron chi connectivity index (χ3n) is 2.86. The summed E-state index contributed by atoms with van der Waals surface area (Å²) in [5.74, 6) is 0. The molecule has 0 radical (unpaired) electrons. The van der Waals surface area contributed by atoms with Gasteiger partial charge in [-0.3, -0.25) is 0 Å². The number of unbranched alkanes of at least 4 members (excludes halogenated alkanes) is 1. The molecule has 0 aromatic rings. The van der Waals surface area contributed by atoms with Crippen molar-refractivity contribution < 1.29 is 14.2 Å². The van der Waals surface area contributed by atoms with E-state index in [-0.39, 0.29) is 0 Å². The van der Waals surface area contributed by atoms with Crippen molar-refractivity contribution in [1.29, 1.82) is 0 Å². The Kier molecular flexibility index (Phi) is 10.5. The molecule has 0 spiro atoms. The van der Waals surface area contributed by atoms with Crippen LogP contribution in [0.25, 0.3) is 0 Å². The Bertz CT molecular complexity index is 174. The molecule has 1 N–H and O–H groups in total. The lowest BCUT2D eigenvalue weighted by atomic mass is 10.4. The Balaban J connectivity index is 1.60. The van der Waals surface area contributed by atoms with Gasteiger partial charge in [0.25, 0.3) is 0 Å². The smallest absolute Gasteiger partial charge is 0.0701 e. The molecule has 0 heterocycles. The van der Waals surface area contributed by atoms with E-state index in [9.17, 15) is 0 Å². The fourth-order valence-electron chi connectivity index (χ4n) is 1.56. The minimum Gasteiger partial charge on any atom is -0.379 e.